The molecule has 1 aromatic carbocycles. The number of nitrogens with two attached hydrogens (primary N) is 1. The number of likely N-dealkylation sites (tertiary alicyclic amines) is 1. The Hall–Kier alpha value is -1.61. The van der Waals surface area contributed by atoms with E-state index in [0.29, 0.717) is 6.07 Å². The summed E-state index contributed by atoms with van der Waals surface area (Å²) in [5.74, 6) is -4.32. The number of rotatable bonds is 4. The molecule has 0 unspecified atom stereocenters. The van der Waals surface area contributed by atoms with E-state index in [1.807, 2.05) is 0 Å². The maximum absolute atomic E-state index is 13.1. The zero-order valence-corrected chi connectivity index (χ0v) is 13.2. The van der Waals surface area contributed by atoms with Gasteiger partial charge in [-0.3, -0.25) is 4.79 Å². The highest BCUT2D eigenvalue weighted by Gasteiger charge is 2.41. The Labute approximate surface area is 141 Å². The zero-order valence-electron chi connectivity index (χ0n) is 12.4. The van der Waals surface area contributed by atoms with E-state index in [0.717, 1.165) is 17.0 Å². The summed E-state index contributed by atoms with van der Waals surface area (Å²) in [6, 6.07) is 2.74. The Bertz CT molecular complexity index is 595. The molecule has 1 aromatic rings. The summed E-state index contributed by atoms with van der Waals surface area (Å²) in [6.45, 7) is -1.08. The van der Waals surface area contributed by atoms with Crippen LogP contribution in [0.1, 0.15) is 22.3 Å². The van der Waals surface area contributed by atoms with E-state index in [1.54, 1.807) is 0 Å². The van der Waals surface area contributed by atoms with E-state index >= 15 is 0 Å². The lowest BCUT2D eigenvalue weighted by Crippen LogP contribution is -2.31. The molecule has 1 heterocycles. The number of hydrogen-bond donors (Lipinski definition) is 1. The highest BCUT2D eigenvalue weighted by Crippen LogP contribution is 2.37. The van der Waals surface area contributed by atoms with E-state index < -0.39 is 42.3 Å². The molecule has 1 aliphatic rings. The van der Waals surface area contributed by atoms with Crippen molar-refractivity contribution in [3.8, 4) is 5.75 Å². The third kappa shape index (κ3) is 4.70. The van der Waals surface area contributed by atoms with Crippen LogP contribution >= 0.6 is 12.4 Å². The minimum atomic E-state index is -4.74. The van der Waals surface area contributed by atoms with Crippen LogP contribution in [0.4, 0.5) is 22.0 Å². The monoisotopic (exact) mass is 374 g/mol. The van der Waals surface area contributed by atoms with Crippen LogP contribution in [0.2, 0.25) is 0 Å². The molecule has 2 rings (SSSR count). The third-order valence-electron chi connectivity index (χ3n) is 3.36. The average Bonchev–Trinajstić information content (AvgIpc) is 2.83. The fourth-order valence-electron chi connectivity index (χ4n) is 2.27. The SMILES string of the molecule is Cl.NCCOc1ccc(C(=O)N2CCC(F)(F)C2)cc1C(F)(F)F. The van der Waals surface area contributed by atoms with Gasteiger partial charge >= 0.3 is 6.18 Å². The number of alkyl halides is 5. The summed E-state index contributed by atoms with van der Waals surface area (Å²) >= 11 is 0. The van der Waals surface area contributed by atoms with Gasteiger partial charge in [0, 0.05) is 25.1 Å². The van der Waals surface area contributed by atoms with Crippen LogP contribution in [0.25, 0.3) is 0 Å². The van der Waals surface area contributed by atoms with Gasteiger partial charge in [-0.2, -0.15) is 13.2 Å². The molecular formula is C14H16ClF5N2O2. The number of halogens is 6. The summed E-state index contributed by atoms with van der Waals surface area (Å²) in [6.07, 6.45) is -5.24. The number of nitrogens with zero attached hydrogens (tertiary/aromatic N) is 1. The predicted octanol–water partition coefficient (Wildman–Crippen LogP) is 2.95. The molecular weight excluding hydrogens is 359 g/mol. The Morgan fingerprint density at radius 2 is 2.00 bits per heavy atom. The second-order valence-corrected chi connectivity index (χ2v) is 5.18. The van der Waals surface area contributed by atoms with E-state index in [-0.39, 0.29) is 37.7 Å². The van der Waals surface area contributed by atoms with Gasteiger partial charge in [-0.25, -0.2) is 8.78 Å². The molecule has 0 spiro atoms. The van der Waals surface area contributed by atoms with E-state index in [1.165, 1.54) is 0 Å². The number of hydrogen-bond acceptors (Lipinski definition) is 3. The van der Waals surface area contributed by atoms with Gasteiger partial charge in [-0.15, -0.1) is 12.4 Å². The molecule has 4 nitrogen and oxygen atoms in total. The normalized spacial score (nSPS) is 16.7. The van der Waals surface area contributed by atoms with Gasteiger partial charge in [0.15, 0.2) is 0 Å². The molecule has 1 amide bonds. The molecule has 0 aromatic heterocycles. The van der Waals surface area contributed by atoms with Crippen LogP contribution in [0.15, 0.2) is 18.2 Å². The second-order valence-electron chi connectivity index (χ2n) is 5.18. The first-order valence-corrected chi connectivity index (χ1v) is 6.85. The summed E-state index contributed by atoms with van der Waals surface area (Å²) < 4.78 is 70.4. The standard InChI is InChI=1S/C14H15F5N2O2.ClH/c15-13(16)3-5-21(8-13)12(22)9-1-2-11(23-6-4-20)10(7-9)14(17,18)19;/h1-2,7H,3-6,8,20H2;1H. The van der Waals surface area contributed by atoms with Crippen LogP contribution in [0, 0.1) is 0 Å². The van der Waals surface area contributed by atoms with Crippen molar-refractivity contribution < 1.29 is 31.5 Å². The molecule has 1 fully saturated rings. The second kappa shape index (κ2) is 7.52. The van der Waals surface area contributed by atoms with Gasteiger partial charge in [0.25, 0.3) is 11.8 Å². The first-order valence-electron chi connectivity index (χ1n) is 6.85. The minimum absolute atomic E-state index is 0. The molecule has 0 atom stereocenters. The third-order valence-corrected chi connectivity index (χ3v) is 3.36. The molecule has 136 valence electrons. The molecule has 10 heteroatoms. The Kier molecular flexibility index (Phi) is 6.40. The van der Waals surface area contributed by atoms with E-state index in [2.05, 4.69) is 0 Å². The lowest BCUT2D eigenvalue weighted by atomic mass is 10.1. The van der Waals surface area contributed by atoms with Crippen molar-refractivity contribution in [1.82, 2.24) is 4.90 Å². The van der Waals surface area contributed by atoms with E-state index in [9.17, 15) is 26.7 Å². The van der Waals surface area contributed by atoms with Crippen molar-refractivity contribution in [3.63, 3.8) is 0 Å². The number of amides is 1. The van der Waals surface area contributed by atoms with Gasteiger partial charge in [0.1, 0.15) is 12.4 Å². The quantitative estimate of drug-likeness (QED) is 0.824. The first-order chi connectivity index (χ1) is 10.6. The number of benzene rings is 1. The fourth-order valence-corrected chi connectivity index (χ4v) is 2.27. The molecule has 2 N–H and O–H groups in total. The van der Waals surface area contributed by atoms with Crippen molar-refractivity contribution in [2.75, 3.05) is 26.2 Å². The number of carbonyl (C=O) groups excluding carboxylic acids is 1. The summed E-state index contributed by atoms with van der Waals surface area (Å²) in [7, 11) is 0. The molecule has 1 saturated heterocycles. The smallest absolute Gasteiger partial charge is 0.419 e. The summed E-state index contributed by atoms with van der Waals surface area (Å²) in [4.78, 5) is 12.9. The average molecular weight is 375 g/mol. The predicted molar refractivity (Wildman–Crippen MR) is 78.7 cm³/mol. The topological polar surface area (TPSA) is 55.6 Å². The first kappa shape index (κ1) is 20.4. The Balaban J connectivity index is 0.00000288. The summed E-state index contributed by atoms with van der Waals surface area (Å²) in [5.41, 5.74) is 3.74. The van der Waals surface area contributed by atoms with Crippen molar-refractivity contribution in [2.24, 2.45) is 5.73 Å². The molecule has 24 heavy (non-hydrogen) atoms. The van der Waals surface area contributed by atoms with Crippen LogP contribution in [0.3, 0.4) is 0 Å². The van der Waals surface area contributed by atoms with Crippen molar-refractivity contribution in [2.45, 2.75) is 18.5 Å². The highest BCUT2D eigenvalue weighted by molar-refractivity contribution is 5.95. The highest BCUT2D eigenvalue weighted by atomic mass is 35.5. The van der Waals surface area contributed by atoms with Gasteiger partial charge in [0.05, 0.1) is 12.1 Å². The molecule has 0 aliphatic carbocycles. The van der Waals surface area contributed by atoms with Crippen LogP contribution in [0.5, 0.6) is 5.75 Å². The maximum atomic E-state index is 13.1. The lowest BCUT2D eigenvalue weighted by Gasteiger charge is -2.18. The largest absolute Gasteiger partial charge is 0.492 e. The van der Waals surface area contributed by atoms with Crippen LogP contribution in [-0.2, 0) is 6.18 Å². The van der Waals surface area contributed by atoms with Crippen molar-refractivity contribution in [1.29, 1.82) is 0 Å². The lowest BCUT2D eigenvalue weighted by molar-refractivity contribution is -0.138. The maximum Gasteiger partial charge on any atom is 0.419 e. The molecule has 0 radical (unpaired) electrons. The van der Waals surface area contributed by atoms with Crippen LogP contribution < -0.4 is 10.5 Å². The molecule has 1 aliphatic heterocycles. The molecule has 0 bridgehead atoms. The fraction of sp³-hybridized carbons (Fsp3) is 0.500. The number of carbonyl (C=O) groups is 1. The van der Waals surface area contributed by atoms with Crippen molar-refractivity contribution >= 4 is 18.3 Å². The Morgan fingerprint density at radius 3 is 2.50 bits per heavy atom. The van der Waals surface area contributed by atoms with Crippen molar-refractivity contribution in [3.05, 3.63) is 29.3 Å². The van der Waals surface area contributed by atoms with Gasteiger partial charge in [-0.05, 0) is 18.2 Å². The number of ether oxygens (including phenoxy) is 1. The van der Waals surface area contributed by atoms with Crippen LogP contribution in [-0.4, -0.2) is 43.0 Å². The zero-order chi connectivity index (χ0) is 17.3. The van der Waals surface area contributed by atoms with Gasteiger partial charge < -0.3 is 15.4 Å². The van der Waals surface area contributed by atoms with Gasteiger partial charge in [-0.1, -0.05) is 0 Å². The Morgan fingerprint density at radius 1 is 1.33 bits per heavy atom. The van der Waals surface area contributed by atoms with E-state index in [4.69, 9.17) is 10.5 Å². The van der Waals surface area contributed by atoms with Gasteiger partial charge in [0.2, 0.25) is 0 Å². The minimum Gasteiger partial charge on any atom is -0.492 e. The summed E-state index contributed by atoms with van der Waals surface area (Å²) in [5, 5.41) is 0. The molecule has 0 saturated carbocycles.